The normalized spacial score (nSPS) is 11.0. The van der Waals surface area contributed by atoms with E-state index in [2.05, 4.69) is 46.3 Å². The van der Waals surface area contributed by atoms with Gasteiger partial charge in [-0.2, -0.15) is 0 Å². The van der Waals surface area contributed by atoms with Gasteiger partial charge in [0.1, 0.15) is 0 Å². The summed E-state index contributed by atoms with van der Waals surface area (Å²) in [5.41, 5.74) is 4.92. The Morgan fingerprint density at radius 2 is 1.48 bits per heavy atom. The van der Waals surface area contributed by atoms with E-state index in [4.69, 9.17) is 0 Å². The number of hydrogen-bond acceptors (Lipinski definition) is 1. The molecule has 0 amide bonds. The Morgan fingerprint density at radius 3 is 2.22 bits per heavy atom. The highest BCUT2D eigenvalue weighted by Crippen LogP contribution is 2.41. The number of aryl methyl sites for hydroxylation is 1. The molecule has 0 bridgehead atoms. The van der Waals surface area contributed by atoms with Crippen LogP contribution in [0.3, 0.4) is 0 Å². The third-order valence-electron chi connectivity index (χ3n) is 3.94. The van der Waals surface area contributed by atoms with Gasteiger partial charge < -0.3 is 0 Å². The number of hydrogen-bond donors (Lipinski definition) is 0. The molecular weight excluding hydrogens is 348 g/mol. The van der Waals surface area contributed by atoms with Crippen molar-refractivity contribution in [2.45, 2.75) is 29.2 Å². The van der Waals surface area contributed by atoms with Crippen LogP contribution in [0.4, 0.5) is 0 Å². The van der Waals surface area contributed by atoms with E-state index in [-0.39, 0.29) is 28.1 Å². The van der Waals surface area contributed by atoms with Crippen LogP contribution >= 0.6 is 15.9 Å². The van der Waals surface area contributed by atoms with Crippen LogP contribution in [0.25, 0.3) is 21.9 Å². The first kappa shape index (κ1) is 19.1. The van der Waals surface area contributed by atoms with Gasteiger partial charge in [-0.25, -0.2) is 0 Å². The topological polar surface area (TPSA) is 17.1 Å². The van der Waals surface area contributed by atoms with Crippen LogP contribution in [-0.2, 0) is 0 Å². The molecular formula is C21H23BrO. The Balaban J connectivity index is 0.000000882. The number of carbonyl (C=O) groups excluding carboxylic acids is 1. The molecule has 1 aliphatic rings. The zero-order valence-electron chi connectivity index (χ0n) is 10.9. The summed E-state index contributed by atoms with van der Waals surface area (Å²) in [5.74, 6) is 0.125. The van der Waals surface area contributed by atoms with Crippen molar-refractivity contribution in [3.05, 3.63) is 69.7 Å². The Kier molecular flexibility index (Phi) is 5.55. The van der Waals surface area contributed by atoms with E-state index < -0.39 is 0 Å². The molecule has 0 fully saturated rings. The summed E-state index contributed by atoms with van der Waals surface area (Å²) in [4.78, 5) is 12.7. The standard InChI is InChI=1S/C18H11BrO.3CH4/c1-10-5-6-11-12-7-8-16(19)13-3-2-4-14(17(12)13)18(20)15(11)9-10;;;/h2-9H,1H3;3*1H4. The van der Waals surface area contributed by atoms with Crippen molar-refractivity contribution in [3.63, 3.8) is 0 Å². The molecule has 0 atom stereocenters. The van der Waals surface area contributed by atoms with E-state index in [1.54, 1.807) is 0 Å². The van der Waals surface area contributed by atoms with Gasteiger partial charge in [-0.3, -0.25) is 4.79 Å². The van der Waals surface area contributed by atoms with Gasteiger partial charge in [0.2, 0.25) is 0 Å². The van der Waals surface area contributed by atoms with Crippen molar-refractivity contribution in [2.75, 3.05) is 0 Å². The second-order valence-corrected chi connectivity index (χ2v) is 6.06. The zero-order valence-corrected chi connectivity index (χ0v) is 12.5. The van der Waals surface area contributed by atoms with Crippen LogP contribution in [0.15, 0.2) is 53.0 Å². The first-order chi connectivity index (χ1) is 9.66. The summed E-state index contributed by atoms with van der Waals surface area (Å²) < 4.78 is 1.03. The van der Waals surface area contributed by atoms with Crippen LogP contribution in [0, 0.1) is 6.92 Å². The molecule has 120 valence electrons. The van der Waals surface area contributed by atoms with Gasteiger partial charge >= 0.3 is 0 Å². The highest BCUT2D eigenvalue weighted by atomic mass is 79.9. The molecule has 4 rings (SSSR count). The summed E-state index contributed by atoms with van der Waals surface area (Å²) in [7, 11) is 0. The minimum absolute atomic E-state index is 0. The smallest absolute Gasteiger partial charge is 0.194 e. The third-order valence-corrected chi connectivity index (χ3v) is 4.63. The molecule has 0 aliphatic heterocycles. The molecule has 0 radical (unpaired) electrons. The van der Waals surface area contributed by atoms with Gasteiger partial charge in [-0.15, -0.1) is 0 Å². The summed E-state index contributed by atoms with van der Waals surface area (Å²) >= 11 is 3.58. The fourth-order valence-corrected chi connectivity index (χ4v) is 3.47. The predicted molar refractivity (Wildman–Crippen MR) is 105 cm³/mol. The van der Waals surface area contributed by atoms with E-state index in [1.807, 2.05) is 25.1 Å². The van der Waals surface area contributed by atoms with Gasteiger partial charge in [-0.05, 0) is 35.6 Å². The molecule has 0 unspecified atom stereocenters. The molecule has 0 aromatic heterocycles. The Bertz CT molecular complexity index is 894. The fourth-order valence-electron chi connectivity index (χ4n) is 3.01. The second-order valence-electron chi connectivity index (χ2n) is 5.20. The van der Waals surface area contributed by atoms with Gasteiger partial charge in [-0.1, -0.05) is 80.2 Å². The maximum Gasteiger partial charge on any atom is 0.194 e. The maximum atomic E-state index is 12.7. The molecule has 0 spiro atoms. The summed E-state index contributed by atoms with van der Waals surface area (Å²) in [6.45, 7) is 2.02. The molecule has 1 nitrogen and oxygen atoms in total. The molecule has 3 aromatic rings. The minimum atomic E-state index is 0. The van der Waals surface area contributed by atoms with Crippen molar-refractivity contribution >= 4 is 32.5 Å². The lowest BCUT2D eigenvalue weighted by molar-refractivity contribution is 0.104. The summed E-state index contributed by atoms with van der Waals surface area (Å²) in [5, 5.41) is 2.16. The highest BCUT2D eigenvalue weighted by molar-refractivity contribution is 9.10. The van der Waals surface area contributed by atoms with E-state index >= 15 is 0 Å². The molecule has 2 heteroatoms. The first-order valence-corrected chi connectivity index (χ1v) is 7.33. The second kappa shape index (κ2) is 6.67. The first-order valence-electron chi connectivity index (χ1n) is 6.54. The molecule has 1 aliphatic carbocycles. The third kappa shape index (κ3) is 2.61. The molecule has 0 N–H and O–H groups in total. The van der Waals surface area contributed by atoms with Gasteiger partial charge in [0.25, 0.3) is 0 Å². The Labute approximate surface area is 147 Å². The lowest BCUT2D eigenvalue weighted by Gasteiger charge is -2.20. The van der Waals surface area contributed by atoms with Crippen LogP contribution < -0.4 is 0 Å². The fraction of sp³-hybridized carbons (Fsp3) is 0.190. The summed E-state index contributed by atoms with van der Waals surface area (Å²) in [6, 6.07) is 16.2. The average Bonchev–Trinajstić information content (AvgIpc) is 2.46. The lowest BCUT2D eigenvalue weighted by atomic mass is 9.82. The van der Waals surface area contributed by atoms with Crippen molar-refractivity contribution in [3.8, 4) is 11.1 Å². The van der Waals surface area contributed by atoms with Crippen molar-refractivity contribution in [1.82, 2.24) is 0 Å². The number of ketones is 1. The zero-order chi connectivity index (χ0) is 13.9. The molecule has 0 saturated heterocycles. The summed E-state index contributed by atoms with van der Waals surface area (Å²) in [6.07, 6.45) is 0. The number of rotatable bonds is 0. The van der Waals surface area contributed by atoms with E-state index in [0.29, 0.717) is 0 Å². The monoisotopic (exact) mass is 370 g/mol. The van der Waals surface area contributed by atoms with Gasteiger partial charge in [0.15, 0.2) is 5.78 Å². The molecule has 0 saturated carbocycles. The van der Waals surface area contributed by atoms with Crippen molar-refractivity contribution in [2.24, 2.45) is 0 Å². The number of carbonyl (C=O) groups is 1. The molecule has 23 heavy (non-hydrogen) atoms. The number of fused-ring (bicyclic) bond motifs is 2. The maximum absolute atomic E-state index is 12.7. The predicted octanol–water partition coefficient (Wildman–Crippen LogP) is 7.03. The van der Waals surface area contributed by atoms with Crippen LogP contribution in [-0.4, -0.2) is 5.78 Å². The average molecular weight is 371 g/mol. The van der Waals surface area contributed by atoms with E-state index in [1.165, 1.54) is 0 Å². The Hall–Kier alpha value is -1.93. The minimum Gasteiger partial charge on any atom is -0.289 e. The SMILES string of the molecule is C.C.C.Cc1ccc2c(c1)C(=O)c1cccc3c(Br)ccc-2c13. The quantitative estimate of drug-likeness (QED) is 0.324. The Morgan fingerprint density at radius 1 is 0.783 bits per heavy atom. The van der Waals surface area contributed by atoms with Gasteiger partial charge in [0.05, 0.1) is 0 Å². The van der Waals surface area contributed by atoms with Crippen molar-refractivity contribution in [1.29, 1.82) is 0 Å². The van der Waals surface area contributed by atoms with E-state index in [0.717, 1.165) is 43.1 Å². The lowest BCUT2D eigenvalue weighted by Crippen LogP contribution is -2.10. The van der Waals surface area contributed by atoms with E-state index in [9.17, 15) is 4.79 Å². The highest BCUT2D eigenvalue weighted by Gasteiger charge is 2.25. The largest absolute Gasteiger partial charge is 0.289 e. The number of benzene rings is 3. The van der Waals surface area contributed by atoms with Crippen LogP contribution in [0.5, 0.6) is 0 Å². The van der Waals surface area contributed by atoms with Crippen molar-refractivity contribution < 1.29 is 4.79 Å². The molecule has 0 heterocycles. The molecule has 3 aromatic carbocycles. The number of halogens is 1. The van der Waals surface area contributed by atoms with Crippen LogP contribution in [0.2, 0.25) is 0 Å². The van der Waals surface area contributed by atoms with Gasteiger partial charge in [0, 0.05) is 21.0 Å². The van der Waals surface area contributed by atoms with Crippen LogP contribution in [0.1, 0.15) is 43.8 Å².